The van der Waals surface area contributed by atoms with Gasteiger partial charge < -0.3 is 16.2 Å². The number of hydrogen-bond acceptors (Lipinski definition) is 2. The van der Waals surface area contributed by atoms with Gasteiger partial charge in [-0.3, -0.25) is 0 Å². The average Bonchev–Trinajstić information content (AvgIpc) is 2.01. The molecule has 0 saturated heterocycles. The zero-order valence-electron chi connectivity index (χ0n) is 6.95. The highest BCUT2D eigenvalue weighted by molar-refractivity contribution is 6.34. The van der Waals surface area contributed by atoms with Crippen LogP contribution in [0.3, 0.4) is 0 Å². The van der Waals surface area contributed by atoms with Crippen molar-refractivity contribution in [2.24, 2.45) is 5.73 Å². The highest BCUT2D eigenvalue weighted by atomic mass is 35.5. The average molecular weight is 215 g/mol. The Kier molecular flexibility index (Phi) is 2.93. The molecule has 0 unspecified atom stereocenters. The predicted molar refractivity (Wildman–Crippen MR) is 51.6 cm³/mol. The molecular weight excluding hydrogens is 208 g/mol. The maximum Gasteiger partial charge on any atom is 0.339 e. The van der Waals surface area contributed by atoms with Crippen LogP contribution in [0, 0.1) is 0 Å². The van der Waals surface area contributed by atoms with E-state index >= 15 is 0 Å². The molecule has 0 fully saturated rings. The summed E-state index contributed by atoms with van der Waals surface area (Å²) in [5.74, 6) is -1.22. The summed E-state index contributed by atoms with van der Waals surface area (Å²) in [5, 5.41) is 11.0. The summed E-state index contributed by atoms with van der Waals surface area (Å²) in [5.41, 5.74) is 4.77. The summed E-state index contributed by atoms with van der Waals surface area (Å²) in [6, 6.07) is 3.49. The number of urea groups is 1. The number of carboxylic acids is 1. The SMILES string of the molecule is NC(=O)Nc1cccc(Cl)c1C(=O)O. The number of aromatic carboxylic acids is 1. The minimum atomic E-state index is -1.22. The van der Waals surface area contributed by atoms with Crippen molar-refractivity contribution in [2.75, 3.05) is 5.32 Å². The molecule has 1 rings (SSSR count). The Hall–Kier alpha value is -1.75. The number of hydrogen-bond donors (Lipinski definition) is 3. The van der Waals surface area contributed by atoms with Crippen LogP contribution in [-0.2, 0) is 0 Å². The molecular formula is C8H7ClN2O3. The Balaban J connectivity index is 3.21. The van der Waals surface area contributed by atoms with E-state index < -0.39 is 12.0 Å². The molecule has 1 aromatic carbocycles. The second-order valence-electron chi connectivity index (χ2n) is 2.46. The summed E-state index contributed by atoms with van der Waals surface area (Å²) < 4.78 is 0. The number of halogens is 1. The second kappa shape index (κ2) is 3.97. The van der Waals surface area contributed by atoms with Crippen molar-refractivity contribution < 1.29 is 14.7 Å². The first-order chi connectivity index (χ1) is 6.52. The van der Waals surface area contributed by atoms with Crippen molar-refractivity contribution in [1.29, 1.82) is 0 Å². The normalized spacial score (nSPS) is 9.50. The minimum absolute atomic E-state index is 0.0451. The Bertz CT molecular complexity index is 392. The summed E-state index contributed by atoms with van der Waals surface area (Å²) in [4.78, 5) is 21.3. The van der Waals surface area contributed by atoms with E-state index in [-0.39, 0.29) is 16.3 Å². The lowest BCUT2D eigenvalue weighted by atomic mass is 10.2. The van der Waals surface area contributed by atoms with E-state index in [0.29, 0.717) is 0 Å². The number of primary amides is 1. The summed E-state index contributed by atoms with van der Waals surface area (Å²) in [7, 11) is 0. The monoisotopic (exact) mass is 214 g/mol. The largest absolute Gasteiger partial charge is 0.478 e. The molecule has 0 heterocycles. The molecule has 2 amide bonds. The van der Waals surface area contributed by atoms with E-state index in [1.165, 1.54) is 18.2 Å². The van der Waals surface area contributed by atoms with Gasteiger partial charge in [-0.1, -0.05) is 17.7 Å². The maximum atomic E-state index is 10.7. The number of carboxylic acid groups (broad SMARTS) is 1. The molecule has 14 heavy (non-hydrogen) atoms. The highest BCUT2D eigenvalue weighted by Crippen LogP contribution is 2.23. The summed E-state index contributed by atoms with van der Waals surface area (Å²) in [6.45, 7) is 0. The smallest absolute Gasteiger partial charge is 0.339 e. The third kappa shape index (κ3) is 2.14. The standard InChI is InChI=1S/C8H7ClN2O3/c9-4-2-1-3-5(11-8(10)14)6(4)7(12)13/h1-3H,(H,12,13)(H3,10,11,14). The van der Waals surface area contributed by atoms with Gasteiger partial charge in [0.25, 0.3) is 0 Å². The first-order valence-electron chi connectivity index (χ1n) is 3.60. The number of rotatable bonds is 2. The van der Waals surface area contributed by atoms with Gasteiger partial charge in [0.1, 0.15) is 5.56 Å². The van der Waals surface area contributed by atoms with Crippen molar-refractivity contribution in [3.05, 3.63) is 28.8 Å². The van der Waals surface area contributed by atoms with E-state index in [1.54, 1.807) is 0 Å². The quantitative estimate of drug-likeness (QED) is 0.697. The van der Waals surface area contributed by atoms with Gasteiger partial charge in [0.05, 0.1) is 10.7 Å². The van der Waals surface area contributed by atoms with Crippen molar-refractivity contribution in [2.45, 2.75) is 0 Å². The van der Waals surface area contributed by atoms with Gasteiger partial charge in [-0.25, -0.2) is 9.59 Å². The molecule has 0 aliphatic rings. The lowest BCUT2D eigenvalue weighted by Crippen LogP contribution is -2.21. The first-order valence-corrected chi connectivity index (χ1v) is 3.98. The van der Waals surface area contributed by atoms with Gasteiger partial charge in [0.15, 0.2) is 0 Å². The number of carbonyl (C=O) groups excluding carboxylic acids is 1. The predicted octanol–water partition coefficient (Wildman–Crippen LogP) is 1.53. The molecule has 0 radical (unpaired) electrons. The van der Waals surface area contributed by atoms with Crippen molar-refractivity contribution in [3.8, 4) is 0 Å². The molecule has 74 valence electrons. The fourth-order valence-corrected chi connectivity index (χ4v) is 1.23. The van der Waals surface area contributed by atoms with Crippen LogP contribution in [0.5, 0.6) is 0 Å². The molecule has 6 heteroatoms. The van der Waals surface area contributed by atoms with Gasteiger partial charge in [-0.05, 0) is 12.1 Å². The van der Waals surface area contributed by atoms with Crippen LogP contribution in [0.25, 0.3) is 0 Å². The molecule has 0 aliphatic carbocycles. The summed E-state index contributed by atoms with van der Waals surface area (Å²) >= 11 is 5.63. The Morgan fingerprint density at radius 2 is 2.07 bits per heavy atom. The summed E-state index contributed by atoms with van der Waals surface area (Å²) in [6.07, 6.45) is 0. The van der Waals surface area contributed by atoms with E-state index in [2.05, 4.69) is 5.32 Å². The van der Waals surface area contributed by atoms with Crippen molar-refractivity contribution >= 4 is 29.3 Å². The Labute approximate surface area is 84.5 Å². The molecule has 0 spiro atoms. The van der Waals surface area contributed by atoms with Crippen LogP contribution < -0.4 is 11.1 Å². The lowest BCUT2D eigenvalue weighted by molar-refractivity contribution is 0.0698. The molecule has 0 bridgehead atoms. The van der Waals surface area contributed by atoms with Crippen LogP contribution in [0.1, 0.15) is 10.4 Å². The topological polar surface area (TPSA) is 92.4 Å². The molecule has 0 aromatic heterocycles. The number of nitrogens with one attached hydrogen (secondary N) is 1. The van der Waals surface area contributed by atoms with E-state index in [1.807, 2.05) is 0 Å². The maximum absolute atomic E-state index is 10.7. The number of benzene rings is 1. The Morgan fingerprint density at radius 1 is 1.43 bits per heavy atom. The minimum Gasteiger partial charge on any atom is -0.478 e. The third-order valence-corrected chi connectivity index (χ3v) is 1.80. The fraction of sp³-hybridized carbons (Fsp3) is 0. The van der Waals surface area contributed by atoms with Gasteiger partial charge in [-0.2, -0.15) is 0 Å². The van der Waals surface area contributed by atoms with E-state index in [9.17, 15) is 9.59 Å². The number of anilines is 1. The van der Waals surface area contributed by atoms with Gasteiger partial charge in [0.2, 0.25) is 0 Å². The van der Waals surface area contributed by atoms with Crippen LogP contribution >= 0.6 is 11.6 Å². The highest BCUT2D eigenvalue weighted by Gasteiger charge is 2.14. The molecule has 0 atom stereocenters. The number of nitrogens with two attached hydrogens (primary N) is 1. The fourth-order valence-electron chi connectivity index (χ4n) is 0.978. The van der Waals surface area contributed by atoms with Gasteiger partial charge in [0, 0.05) is 0 Å². The molecule has 5 nitrogen and oxygen atoms in total. The van der Waals surface area contributed by atoms with Crippen LogP contribution in [0.15, 0.2) is 18.2 Å². The van der Waals surface area contributed by atoms with E-state index in [0.717, 1.165) is 0 Å². The zero-order chi connectivity index (χ0) is 10.7. The van der Waals surface area contributed by atoms with Crippen molar-refractivity contribution in [1.82, 2.24) is 0 Å². The number of carbonyl (C=O) groups is 2. The van der Waals surface area contributed by atoms with Crippen LogP contribution in [-0.4, -0.2) is 17.1 Å². The Morgan fingerprint density at radius 3 is 2.57 bits per heavy atom. The molecule has 1 aromatic rings. The first kappa shape index (κ1) is 10.3. The third-order valence-electron chi connectivity index (χ3n) is 1.49. The molecule has 0 saturated carbocycles. The van der Waals surface area contributed by atoms with Crippen LogP contribution in [0.2, 0.25) is 5.02 Å². The van der Waals surface area contributed by atoms with E-state index in [4.69, 9.17) is 22.4 Å². The number of amides is 2. The van der Waals surface area contributed by atoms with Crippen molar-refractivity contribution in [3.63, 3.8) is 0 Å². The zero-order valence-corrected chi connectivity index (χ0v) is 7.71. The van der Waals surface area contributed by atoms with Gasteiger partial charge >= 0.3 is 12.0 Å². The molecule has 0 aliphatic heterocycles. The van der Waals surface area contributed by atoms with Crippen LogP contribution in [0.4, 0.5) is 10.5 Å². The van der Waals surface area contributed by atoms with Gasteiger partial charge in [-0.15, -0.1) is 0 Å². The second-order valence-corrected chi connectivity index (χ2v) is 2.86. The lowest BCUT2D eigenvalue weighted by Gasteiger charge is -2.06. The molecule has 4 N–H and O–H groups in total.